The van der Waals surface area contributed by atoms with Gasteiger partial charge in [0.2, 0.25) is 11.8 Å². The molecule has 0 aromatic heterocycles. The van der Waals surface area contributed by atoms with Gasteiger partial charge in [0.05, 0.1) is 0 Å². The van der Waals surface area contributed by atoms with Gasteiger partial charge in [-0.25, -0.2) is 0 Å². The number of amides is 3. The van der Waals surface area contributed by atoms with E-state index >= 15 is 0 Å². The van der Waals surface area contributed by atoms with Crippen LogP contribution in [0.2, 0.25) is 0 Å². The van der Waals surface area contributed by atoms with Gasteiger partial charge < -0.3 is 5.32 Å². The number of rotatable bonds is 4. The van der Waals surface area contributed by atoms with Crippen LogP contribution in [0.5, 0.6) is 0 Å². The van der Waals surface area contributed by atoms with E-state index in [1.54, 1.807) is 32.1 Å². The second-order valence-electron chi connectivity index (χ2n) is 4.28. The molecule has 23 heavy (non-hydrogen) atoms. The Morgan fingerprint density at radius 1 is 1.26 bits per heavy atom. The van der Waals surface area contributed by atoms with Gasteiger partial charge in [-0.2, -0.15) is 0 Å². The Hall–Kier alpha value is -2.17. The Morgan fingerprint density at radius 3 is 2.26 bits per heavy atom. The van der Waals surface area contributed by atoms with Gasteiger partial charge in [-0.3, -0.25) is 19.7 Å². The minimum atomic E-state index is -0.664. The zero-order valence-electron chi connectivity index (χ0n) is 15.2. The molecule has 1 atom stereocenters. The summed E-state index contributed by atoms with van der Waals surface area (Å²) in [6.07, 6.45) is 5.55. The van der Waals surface area contributed by atoms with Crippen molar-refractivity contribution in [1.82, 2.24) is 10.6 Å². The number of nitrogens with one attached hydrogen (secondary N) is 2. The molecule has 3 amide bonds. The third-order valence-corrected chi connectivity index (χ3v) is 2.85. The number of piperidine rings is 1. The summed E-state index contributed by atoms with van der Waals surface area (Å²) in [5, 5.41) is 4.83. The number of carbonyl (C=O) groups excluding carboxylic acids is 3. The van der Waals surface area contributed by atoms with Crippen molar-refractivity contribution in [2.24, 2.45) is 0 Å². The van der Waals surface area contributed by atoms with Crippen molar-refractivity contribution >= 4 is 17.7 Å². The lowest BCUT2D eigenvalue weighted by atomic mass is 10.0. The van der Waals surface area contributed by atoms with Gasteiger partial charge in [0, 0.05) is 12.0 Å². The summed E-state index contributed by atoms with van der Waals surface area (Å²) >= 11 is 0. The van der Waals surface area contributed by atoms with Crippen molar-refractivity contribution in [1.29, 1.82) is 0 Å². The van der Waals surface area contributed by atoms with E-state index in [0.717, 1.165) is 5.57 Å². The highest BCUT2D eigenvalue weighted by Crippen LogP contribution is 2.10. The fourth-order valence-corrected chi connectivity index (χ4v) is 1.73. The molecule has 0 bridgehead atoms. The molecule has 1 heterocycles. The molecule has 0 saturated carbocycles. The molecule has 1 aliphatic heterocycles. The SMILES string of the molecule is C=C/C(C)=C(\C=C/C)C(=O)NC1CCC(=O)NC1=O.CC.CC. The number of imide groups is 1. The lowest BCUT2D eigenvalue weighted by Crippen LogP contribution is -2.52. The van der Waals surface area contributed by atoms with Gasteiger partial charge in [-0.05, 0) is 25.8 Å². The van der Waals surface area contributed by atoms with Crippen LogP contribution in [0.15, 0.2) is 36.0 Å². The van der Waals surface area contributed by atoms with E-state index in [2.05, 4.69) is 17.2 Å². The van der Waals surface area contributed by atoms with Crippen LogP contribution in [0.4, 0.5) is 0 Å². The summed E-state index contributed by atoms with van der Waals surface area (Å²) in [5.74, 6) is -1.10. The predicted octanol–water partition coefficient (Wildman–Crippen LogP) is 3.04. The number of hydrogen-bond acceptors (Lipinski definition) is 3. The predicted molar refractivity (Wildman–Crippen MR) is 94.7 cm³/mol. The van der Waals surface area contributed by atoms with Crippen molar-refractivity contribution < 1.29 is 14.4 Å². The molecule has 0 aromatic rings. The molecule has 1 fully saturated rings. The molecule has 0 spiro atoms. The normalized spacial score (nSPS) is 17.7. The van der Waals surface area contributed by atoms with Gasteiger partial charge in [-0.1, -0.05) is 52.5 Å². The van der Waals surface area contributed by atoms with Gasteiger partial charge in [0.1, 0.15) is 6.04 Å². The Bertz CT molecular complexity index is 477. The molecule has 5 heteroatoms. The lowest BCUT2D eigenvalue weighted by molar-refractivity contribution is -0.136. The Balaban J connectivity index is 0. The van der Waals surface area contributed by atoms with Gasteiger partial charge in [0.15, 0.2) is 0 Å². The third-order valence-electron chi connectivity index (χ3n) is 2.85. The van der Waals surface area contributed by atoms with Gasteiger partial charge >= 0.3 is 0 Å². The highest BCUT2D eigenvalue weighted by molar-refractivity contribution is 6.04. The topological polar surface area (TPSA) is 75.3 Å². The second kappa shape index (κ2) is 13.5. The molecule has 0 aromatic carbocycles. The van der Waals surface area contributed by atoms with Crippen LogP contribution in [0, 0.1) is 0 Å². The zero-order valence-corrected chi connectivity index (χ0v) is 15.2. The maximum Gasteiger partial charge on any atom is 0.252 e. The zero-order chi connectivity index (χ0) is 18.4. The Morgan fingerprint density at radius 2 is 1.83 bits per heavy atom. The summed E-state index contributed by atoms with van der Waals surface area (Å²) in [5.41, 5.74) is 1.19. The first kappa shape index (κ1) is 23.1. The van der Waals surface area contributed by atoms with Gasteiger partial charge in [0.25, 0.3) is 5.91 Å². The summed E-state index contributed by atoms with van der Waals surface area (Å²) < 4.78 is 0. The first-order chi connectivity index (χ1) is 11.0. The summed E-state index contributed by atoms with van der Waals surface area (Å²) in [6, 6.07) is -0.664. The molecule has 130 valence electrons. The minimum Gasteiger partial charge on any atom is -0.340 e. The quantitative estimate of drug-likeness (QED) is 0.474. The van der Waals surface area contributed by atoms with Crippen molar-refractivity contribution in [3.63, 3.8) is 0 Å². The van der Waals surface area contributed by atoms with Crippen LogP contribution in [0.1, 0.15) is 54.4 Å². The molecule has 1 unspecified atom stereocenters. The average molecular weight is 322 g/mol. The minimum absolute atomic E-state index is 0.236. The van der Waals surface area contributed by atoms with E-state index in [4.69, 9.17) is 0 Å². The van der Waals surface area contributed by atoms with E-state index in [1.807, 2.05) is 27.7 Å². The maximum absolute atomic E-state index is 12.1. The van der Waals surface area contributed by atoms with Crippen molar-refractivity contribution in [2.45, 2.75) is 60.4 Å². The standard InChI is InChI=1S/C14H18N2O3.2C2H6/c1-4-6-10(9(3)5-2)13(18)15-11-7-8-12(17)16-14(11)19;2*1-2/h4-6,11H,2,7-8H2,1,3H3,(H,15,18)(H,16,17,19);2*1-2H3/b6-4-,10-9+;;. The van der Waals surface area contributed by atoms with Crippen LogP contribution in [-0.2, 0) is 14.4 Å². The van der Waals surface area contributed by atoms with E-state index in [1.165, 1.54) is 0 Å². The molecule has 2 N–H and O–H groups in total. The summed E-state index contributed by atoms with van der Waals surface area (Å²) in [7, 11) is 0. The molecule has 0 radical (unpaired) electrons. The van der Waals surface area contributed by atoms with E-state index in [-0.39, 0.29) is 18.2 Å². The number of hydrogen-bond donors (Lipinski definition) is 2. The fourth-order valence-electron chi connectivity index (χ4n) is 1.73. The second-order valence-corrected chi connectivity index (χ2v) is 4.28. The third kappa shape index (κ3) is 8.14. The summed E-state index contributed by atoms with van der Waals surface area (Å²) in [6.45, 7) is 15.2. The number of allylic oxidation sites excluding steroid dienone is 3. The Kier molecular flexibility index (Phi) is 13.5. The van der Waals surface area contributed by atoms with Crippen molar-refractivity contribution in [2.75, 3.05) is 0 Å². The first-order valence-corrected chi connectivity index (χ1v) is 8.10. The molecule has 1 aliphatic rings. The lowest BCUT2D eigenvalue weighted by Gasteiger charge is -2.22. The van der Waals surface area contributed by atoms with E-state index < -0.39 is 11.9 Å². The van der Waals surface area contributed by atoms with Crippen LogP contribution < -0.4 is 10.6 Å². The van der Waals surface area contributed by atoms with Gasteiger partial charge in [-0.15, -0.1) is 0 Å². The van der Waals surface area contributed by atoms with E-state index in [0.29, 0.717) is 12.0 Å². The molecule has 1 saturated heterocycles. The highest BCUT2D eigenvalue weighted by atomic mass is 16.2. The summed E-state index contributed by atoms with van der Waals surface area (Å²) in [4.78, 5) is 34.7. The van der Waals surface area contributed by atoms with Crippen molar-refractivity contribution in [3.8, 4) is 0 Å². The van der Waals surface area contributed by atoms with Crippen molar-refractivity contribution in [3.05, 3.63) is 36.0 Å². The smallest absolute Gasteiger partial charge is 0.252 e. The molecular weight excluding hydrogens is 292 g/mol. The monoisotopic (exact) mass is 322 g/mol. The average Bonchev–Trinajstić information content (AvgIpc) is 2.58. The Labute approximate surface area is 139 Å². The highest BCUT2D eigenvalue weighted by Gasteiger charge is 2.28. The van der Waals surface area contributed by atoms with E-state index in [9.17, 15) is 14.4 Å². The molecule has 0 aliphatic carbocycles. The molecule has 5 nitrogen and oxygen atoms in total. The molecular formula is C18H30N2O3. The van der Waals surface area contributed by atoms with Crippen LogP contribution in [0.3, 0.4) is 0 Å². The first-order valence-electron chi connectivity index (χ1n) is 8.10. The van der Waals surface area contributed by atoms with Crippen LogP contribution >= 0.6 is 0 Å². The number of carbonyl (C=O) groups is 3. The maximum atomic E-state index is 12.1. The largest absolute Gasteiger partial charge is 0.340 e. The van der Waals surface area contributed by atoms with Crippen LogP contribution in [-0.4, -0.2) is 23.8 Å². The van der Waals surface area contributed by atoms with Crippen LogP contribution in [0.25, 0.3) is 0 Å². The fraction of sp³-hybridized carbons (Fsp3) is 0.500. The molecule has 1 rings (SSSR count).